The van der Waals surface area contributed by atoms with Gasteiger partial charge in [0.1, 0.15) is 0 Å². The Labute approximate surface area is 123 Å². The highest BCUT2D eigenvalue weighted by atomic mass is 79.9. The van der Waals surface area contributed by atoms with Crippen molar-refractivity contribution < 1.29 is 5.11 Å². The van der Waals surface area contributed by atoms with Crippen LogP contribution in [0.5, 0.6) is 0 Å². The Morgan fingerprint density at radius 3 is 2.94 bits per heavy atom. The van der Waals surface area contributed by atoms with Gasteiger partial charge in [0.05, 0.1) is 5.60 Å². The van der Waals surface area contributed by atoms with Crippen LogP contribution in [-0.2, 0) is 6.42 Å². The van der Waals surface area contributed by atoms with Crippen LogP contribution in [-0.4, -0.2) is 10.7 Å². The summed E-state index contributed by atoms with van der Waals surface area (Å²) >= 11 is 5.33. The maximum absolute atomic E-state index is 10.8. The quantitative estimate of drug-likeness (QED) is 0.755. The number of rotatable bonds is 4. The highest BCUT2D eigenvalue weighted by Crippen LogP contribution is 2.37. The van der Waals surface area contributed by atoms with E-state index in [9.17, 15) is 5.11 Å². The molecule has 0 amide bonds. The fourth-order valence-electron chi connectivity index (χ4n) is 3.09. The zero-order valence-corrected chi connectivity index (χ0v) is 13.5. The third-order valence-corrected chi connectivity index (χ3v) is 6.08. The molecule has 1 nitrogen and oxygen atoms in total. The summed E-state index contributed by atoms with van der Waals surface area (Å²) in [5.41, 5.74) is -0.462. The lowest BCUT2D eigenvalue weighted by Gasteiger charge is -2.26. The van der Waals surface area contributed by atoms with Crippen molar-refractivity contribution in [1.29, 1.82) is 0 Å². The lowest BCUT2D eigenvalue weighted by Crippen LogP contribution is -2.30. The molecule has 3 heteroatoms. The molecule has 0 bridgehead atoms. The fraction of sp³-hybridized carbons (Fsp3) is 0.733. The Balaban J connectivity index is 1.97. The molecule has 0 spiro atoms. The fourth-order valence-corrected chi connectivity index (χ4v) is 4.71. The second-order valence-corrected chi connectivity index (χ2v) is 7.53. The van der Waals surface area contributed by atoms with Gasteiger partial charge in [-0.2, -0.15) is 0 Å². The standard InChI is InChI=1S/C15H23BrOS/c1-2-4-12-5-3-8-15(17,9-6-12)11-14-13(16)7-10-18-14/h7,10,12,17H,2-6,8-9,11H2,1H3. The summed E-state index contributed by atoms with van der Waals surface area (Å²) in [5, 5.41) is 12.9. The molecule has 0 saturated heterocycles. The van der Waals surface area contributed by atoms with Crippen molar-refractivity contribution in [3.63, 3.8) is 0 Å². The van der Waals surface area contributed by atoms with Gasteiger partial charge in [-0.1, -0.05) is 32.6 Å². The number of thiophene rings is 1. The number of halogens is 1. The summed E-state index contributed by atoms with van der Waals surface area (Å²) in [7, 11) is 0. The molecular formula is C15H23BrOS. The monoisotopic (exact) mass is 330 g/mol. The minimum atomic E-state index is -0.462. The molecule has 0 aromatic carbocycles. The van der Waals surface area contributed by atoms with Crippen molar-refractivity contribution in [2.75, 3.05) is 0 Å². The molecule has 1 saturated carbocycles. The van der Waals surface area contributed by atoms with E-state index in [0.717, 1.165) is 29.7 Å². The maximum atomic E-state index is 10.8. The molecule has 1 N–H and O–H groups in total. The molecule has 1 aromatic rings. The molecule has 102 valence electrons. The first-order valence-electron chi connectivity index (χ1n) is 7.07. The van der Waals surface area contributed by atoms with Crippen molar-refractivity contribution in [2.24, 2.45) is 5.92 Å². The van der Waals surface area contributed by atoms with E-state index in [4.69, 9.17) is 0 Å². The normalized spacial score (nSPS) is 29.2. The van der Waals surface area contributed by atoms with E-state index in [1.807, 2.05) is 0 Å². The average Bonchev–Trinajstić information content (AvgIpc) is 2.62. The second-order valence-electron chi connectivity index (χ2n) is 5.68. The molecule has 1 heterocycles. The Kier molecular flexibility index (Phi) is 5.28. The average molecular weight is 331 g/mol. The van der Waals surface area contributed by atoms with Gasteiger partial charge in [-0.3, -0.25) is 0 Å². The highest BCUT2D eigenvalue weighted by Gasteiger charge is 2.31. The van der Waals surface area contributed by atoms with Gasteiger partial charge < -0.3 is 5.11 Å². The van der Waals surface area contributed by atoms with E-state index in [1.165, 1.54) is 37.0 Å². The lowest BCUT2D eigenvalue weighted by molar-refractivity contribution is 0.0247. The van der Waals surface area contributed by atoms with Crippen LogP contribution in [0.25, 0.3) is 0 Å². The van der Waals surface area contributed by atoms with Gasteiger partial charge in [0, 0.05) is 15.8 Å². The summed E-state index contributed by atoms with van der Waals surface area (Å²) in [6, 6.07) is 2.08. The molecular weight excluding hydrogens is 308 g/mol. The largest absolute Gasteiger partial charge is 0.390 e. The summed E-state index contributed by atoms with van der Waals surface area (Å²) in [5.74, 6) is 0.843. The maximum Gasteiger partial charge on any atom is 0.0696 e. The first kappa shape index (κ1) is 14.5. The van der Waals surface area contributed by atoms with Crippen LogP contribution in [0.4, 0.5) is 0 Å². The van der Waals surface area contributed by atoms with Crippen LogP contribution >= 0.6 is 27.3 Å². The lowest BCUT2D eigenvalue weighted by atomic mass is 9.89. The van der Waals surface area contributed by atoms with Gasteiger partial charge in [-0.15, -0.1) is 11.3 Å². The van der Waals surface area contributed by atoms with Crippen molar-refractivity contribution >= 4 is 27.3 Å². The van der Waals surface area contributed by atoms with E-state index in [1.54, 1.807) is 11.3 Å². The molecule has 0 radical (unpaired) electrons. The predicted octanol–water partition coefficient (Wildman–Crippen LogP) is 5.16. The van der Waals surface area contributed by atoms with Gasteiger partial charge in [0.25, 0.3) is 0 Å². The first-order valence-corrected chi connectivity index (χ1v) is 8.74. The smallest absolute Gasteiger partial charge is 0.0696 e. The van der Waals surface area contributed by atoms with Crippen LogP contribution in [0.15, 0.2) is 15.9 Å². The Morgan fingerprint density at radius 1 is 1.44 bits per heavy atom. The Morgan fingerprint density at radius 2 is 2.28 bits per heavy atom. The second kappa shape index (κ2) is 6.53. The number of hydrogen-bond acceptors (Lipinski definition) is 2. The van der Waals surface area contributed by atoms with Crippen LogP contribution < -0.4 is 0 Å². The van der Waals surface area contributed by atoms with Crippen LogP contribution in [0.2, 0.25) is 0 Å². The highest BCUT2D eigenvalue weighted by molar-refractivity contribution is 9.10. The van der Waals surface area contributed by atoms with Crippen LogP contribution in [0.1, 0.15) is 56.7 Å². The van der Waals surface area contributed by atoms with E-state index in [2.05, 4.69) is 34.3 Å². The van der Waals surface area contributed by atoms with E-state index >= 15 is 0 Å². The topological polar surface area (TPSA) is 20.2 Å². The molecule has 18 heavy (non-hydrogen) atoms. The van der Waals surface area contributed by atoms with Gasteiger partial charge in [0.15, 0.2) is 0 Å². The van der Waals surface area contributed by atoms with E-state index < -0.39 is 5.60 Å². The van der Waals surface area contributed by atoms with Crippen molar-refractivity contribution in [1.82, 2.24) is 0 Å². The molecule has 2 unspecified atom stereocenters. The minimum Gasteiger partial charge on any atom is -0.390 e. The Hall–Kier alpha value is 0.140. The third-order valence-electron chi connectivity index (χ3n) is 4.15. The zero-order chi connectivity index (χ0) is 13.0. The van der Waals surface area contributed by atoms with Crippen molar-refractivity contribution in [2.45, 2.75) is 63.9 Å². The zero-order valence-electron chi connectivity index (χ0n) is 11.1. The van der Waals surface area contributed by atoms with Gasteiger partial charge in [0.2, 0.25) is 0 Å². The molecule has 2 rings (SSSR count). The van der Waals surface area contributed by atoms with Gasteiger partial charge in [-0.25, -0.2) is 0 Å². The van der Waals surface area contributed by atoms with Crippen LogP contribution in [0, 0.1) is 5.92 Å². The first-order chi connectivity index (χ1) is 8.63. The third kappa shape index (κ3) is 3.82. The molecule has 1 fully saturated rings. The van der Waals surface area contributed by atoms with Crippen molar-refractivity contribution in [3.05, 3.63) is 20.8 Å². The minimum absolute atomic E-state index is 0.462. The predicted molar refractivity (Wildman–Crippen MR) is 82.2 cm³/mol. The number of aliphatic hydroxyl groups is 1. The van der Waals surface area contributed by atoms with E-state index in [0.29, 0.717) is 0 Å². The SMILES string of the molecule is CCCC1CCCC(O)(Cc2sccc2Br)CC1. The van der Waals surface area contributed by atoms with Gasteiger partial charge >= 0.3 is 0 Å². The molecule has 0 aliphatic heterocycles. The summed E-state index contributed by atoms with van der Waals surface area (Å²) in [4.78, 5) is 1.30. The Bertz CT molecular complexity index is 376. The summed E-state index contributed by atoms with van der Waals surface area (Å²) in [6.07, 6.45) is 9.07. The molecule has 1 aliphatic carbocycles. The summed E-state index contributed by atoms with van der Waals surface area (Å²) in [6.45, 7) is 2.26. The van der Waals surface area contributed by atoms with Crippen LogP contribution in [0.3, 0.4) is 0 Å². The molecule has 1 aromatic heterocycles. The molecule has 1 aliphatic rings. The van der Waals surface area contributed by atoms with E-state index in [-0.39, 0.29) is 0 Å². The summed E-state index contributed by atoms with van der Waals surface area (Å²) < 4.78 is 1.16. The van der Waals surface area contributed by atoms with Crippen molar-refractivity contribution in [3.8, 4) is 0 Å². The molecule has 2 atom stereocenters. The number of hydrogen-bond donors (Lipinski definition) is 1. The van der Waals surface area contributed by atoms with Gasteiger partial charge in [-0.05, 0) is 52.6 Å².